The third-order valence-electron chi connectivity index (χ3n) is 3.69. The Morgan fingerprint density at radius 3 is 2.88 bits per heavy atom. The number of aromatic nitrogens is 2. The maximum Gasteiger partial charge on any atom is 0.337 e. The van der Waals surface area contributed by atoms with Crippen LogP contribution < -0.4 is 10.3 Å². The van der Waals surface area contributed by atoms with Gasteiger partial charge in [-0.1, -0.05) is 12.1 Å². The zero-order valence-electron chi connectivity index (χ0n) is 13.3. The molecule has 3 rings (SSSR count). The van der Waals surface area contributed by atoms with Crippen molar-refractivity contribution in [2.24, 2.45) is 0 Å². The van der Waals surface area contributed by atoms with E-state index in [9.17, 15) is 14.7 Å². The van der Waals surface area contributed by atoms with Gasteiger partial charge in [-0.25, -0.2) is 9.78 Å². The van der Waals surface area contributed by atoms with Crippen LogP contribution in [0, 0.1) is 13.8 Å². The van der Waals surface area contributed by atoms with Crippen LogP contribution in [0.5, 0.6) is 5.75 Å². The lowest BCUT2D eigenvalue weighted by Gasteiger charge is -2.11. The highest BCUT2D eigenvalue weighted by Crippen LogP contribution is 2.21. The molecule has 0 fully saturated rings. The SMILES string of the molecule is Cc1cccc(OCCn2c(C)nc3scc(C(=O)O)c3c2=O)c1. The Balaban J connectivity index is 1.87. The van der Waals surface area contributed by atoms with Gasteiger partial charge in [0.25, 0.3) is 5.56 Å². The summed E-state index contributed by atoms with van der Waals surface area (Å²) in [5.74, 6) is 0.155. The van der Waals surface area contributed by atoms with E-state index in [1.807, 2.05) is 31.2 Å². The number of aromatic carboxylic acids is 1. The zero-order chi connectivity index (χ0) is 17.3. The first-order chi connectivity index (χ1) is 11.5. The minimum atomic E-state index is -1.12. The maximum absolute atomic E-state index is 12.6. The molecule has 0 bridgehead atoms. The van der Waals surface area contributed by atoms with Crippen molar-refractivity contribution in [2.75, 3.05) is 6.61 Å². The molecule has 7 heteroatoms. The van der Waals surface area contributed by atoms with Gasteiger partial charge in [0.15, 0.2) is 0 Å². The van der Waals surface area contributed by atoms with E-state index >= 15 is 0 Å². The van der Waals surface area contributed by atoms with E-state index in [4.69, 9.17) is 4.74 Å². The number of thiophene rings is 1. The summed E-state index contributed by atoms with van der Waals surface area (Å²) in [6.07, 6.45) is 0. The lowest BCUT2D eigenvalue weighted by molar-refractivity contribution is 0.0699. The van der Waals surface area contributed by atoms with Crippen molar-refractivity contribution in [1.82, 2.24) is 9.55 Å². The van der Waals surface area contributed by atoms with Gasteiger partial charge in [-0.05, 0) is 31.5 Å². The molecular weight excluding hydrogens is 328 g/mol. The highest BCUT2D eigenvalue weighted by Gasteiger charge is 2.18. The third-order valence-corrected chi connectivity index (χ3v) is 4.56. The number of hydrogen-bond acceptors (Lipinski definition) is 5. The summed E-state index contributed by atoms with van der Waals surface area (Å²) < 4.78 is 7.13. The van der Waals surface area contributed by atoms with Crippen molar-refractivity contribution in [3.63, 3.8) is 0 Å². The van der Waals surface area contributed by atoms with Gasteiger partial charge in [0, 0.05) is 5.38 Å². The average molecular weight is 344 g/mol. The molecule has 124 valence electrons. The monoisotopic (exact) mass is 344 g/mol. The van der Waals surface area contributed by atoms with E-state index in [1.165, 1.54) is 21.3 Å². The molecule has 0 saturated carbocycles. The van der Waals surface area contributed by atoms with Crippen LogP contribution in [0.2, 0.25) is 0 Å². The van der Waals surface area contributed by atoms with E-state index in [1.54, 1.807) is 6.92 Å². The molecule has 0 aliphatic heterocycles. The second-order valence-electron chi connectivity index (χ2n) is 5.42. The smallest absolute Gasteiger partial charge is 0.337 e. The summed E-state index contributed by atoms with van der Waals surface area (Å²) in [6, 6.07) is 7.65. The predicted octanol–water partition coefficient (Wildman–Crippen LogP) is 2.85. The number of carbonyl (C=O) groups is 1. The molecule has 24 heavy (non-hydrogen) atoms. The number of ether oxygens (including phenoxy) is 1. The van der Waals surface area contributed by atoms with Gasteiger partial charge < -0.3 is 9.84 Å². The van der Waals surface area contributed by atoms with E-state index in [-0.39, 0.29) is 16.5 Å². The van der Waals surface area contributed by atoms with Gasteiger partial charge in [0.05, 0.1) is 17.5 Å². The third kappa shape index (κ3) is 3.03. The number of fused-ring (bicyclic) bond motifs is 1. The fourth-order valence-corrected chi connectivity index (χ4v) is 3.45. The van der Waals surface area contributed by atoms with E-state index < -0.39 is 5.97 Å². The molecule has 0 amide bonds. The van der Waals surface area contributed by atoms with Crippen LogP contribution in [0.25, 0.3) is 10.2 Å². The van der Waals surface area contributed by atoms with Crippen LogP contribution in [0.1, 0.15) is 21.7 Å². The predicted molar refractivity (Wildman–Crippen MR) is 92.3 cm³/mol. The summed E-state index contributed by atoms with van der Waals surface area (Å²) in [4.78, 5) is 28.7. The van der Waals surface area contributed by atoms with Crippen LogP contribution in [-0.4, -0.2) is 27.2 Å². The summed E-state index contributed by atoms with van der Waals surface area (Å²) in [6.45, 7) is 4.30. The first-order valence-electron chi connectivity index (χ1n) is 7.39. The second kappa shape index (κ2) is 6.45. The Morgan fingerprint density at radius 1 is 1.38 bits per heavy atom. The fourth-order valence-electron chi connectivity index (χ4n) is 2.51. The van der Waals surface area contributed by atoms with Gasteiger partial charge in [-0.3, -0.25) is 9.36 Å². The molecule has 0 aliphatic rings. The van der Waals surface area contributed by atoms with E-state index in [0.29, 0.717) is 23.8 Å². The minimum Gasteiger partial charge on any atom is -0.492 e. The molecule has 0 spiro atoms. The molecule has 0 atom stereocenters. The van der Waals surface area contributed by atoms with Gasteiger partial charge >= 0.3 is 5.97 Å². The number of benzene rings is 1. The number of aryl methyl sites for hydroxylation is 2. The standard InChI is InChI=1S/C17H16N2O4S/c1-10-4-3-5-12(8-10)23-7-6-19-11(2)18-15-14(16(19)20)13(9-24-15)17(21)22/h3-5,8-9H,6-7H2,1-2H3,(H,21,22). The van der Waals surface area contributed by atoms with Crippen LogP contribution in [-0.2, 0) is 6.54 Å². The molecule has 0 aliphatic carbocycles. The largest absolute Gasteiger partial charge is 0.492 e. The number of rotatable bonds is 5. The first-order valence-corrected chi connectivity index (χ1v) is 8.26. The van der Waals surface area contributed by atoms with Gasteiger partial charge in [0.1, 0.15) is 23.0 Å². The number of carboxylic acids is 1. The first kappa shape index (κ1) is 16.2. The van der Waals surface area contributed by atoms with Crippen molar-refractivity contribution >= 4 is 27.5 Å². The molecule has 6 nitrogen and oxygen atoms in total. The molecule has 2 heterocycles. The van der Waals surface area contributed by atoms with Crippen LogP contribution in [0.15, 0.2) is 34.4 Å². The Morgan fingerprint density at radius 2 is 2.17 bits per heavy atom. The minimum absolute atomic E-state index is 0.000789. The molecule has 1 N–H and O–H groups in total. The van der Waals surface area contributed by atoms with Crippen molar-refractivity contribution < 1.29 is 14.6 Å². The maximum atomic E-state index is 12.6. The quantitative estimate of drug-likeness (QED) is 0.770. The van der Waals surface area contributed by atoms with Gasteiger partial charge in [0.2, 0.25) is 0 Å². The molecule has 0 radical (unpaired) electrons. The van der Waals surface area contributed by atoms with Crippen LogP contribution >= 0.6 is 11.3 Å². The lowest BCUT2D eigenvalue weighted by Crippen LogP contribution is -2.27. The van der Waals surface area contributed by atoms with Crippen LogP contribution in [0.3, 0.4) is 0 Å². The van der Waals surface area contributed by atoms with Crippen molar-refractivity contribution in [2.45, 2.75) is 20.4 Å². The summed E-state index contributed by atoms with van der Waals surface area (Å²) in [7, 11) is 0. The Bertz CT molecular complexity index is 974. The number of carboxylic acid groups (broad SMARTS) is 1. The Labute approximate surface area is 142 Å². The average Bonchev–Trinajstić information content (AvgIpc) is 2.94. The Hall–Kier alpha value is -2.67. The van der Waals surface area contributed by atoms with Gasteiger partial charge in [-0.15, -0.1) is 11.3 Å². The summed E-state index contributed by atoms with van der Waals surface area (Å²) in [5, 5.41) is 10.8. The highest BCUT2D eigenvalue weighted by molar-refractivity contribution is 7.17. The summed E-state index contributed by atoms with van der Waals surface area (Å²) in [5.41, 5.74) is 0.748. The number of hydrogen-bond donors (Lipinski definition) is 1. The molecule has 3 aromatic rings. The second-order valence-corrected chi connectivity index (χ2v) is 6.27. The molecule has 1 aromatic carbocycles. The van der Waals surface area contributed by atoms with Crippen molar-refractivity contribution in [3.05, 3.63) is 57.0 Å². The highest BCUT2D eigenvalue weighted by atomic mass is 32.1. The van der Waals surface area contributed by atoms with Crippen molar-refractivity contribution in [3.8, 4) is 5.75 Å². The van der Waals surface area contributed by atoms with E-state index in [0.717, 1.165) is 11.3 Å². The molecular formula is C17H16N2O4S. The van der Waals surface area contributed by atoms with E-state index in [2.05, 4.69) is 4.98 Å². The molecule has 0 saturated heterocycles. The van der Waals surface area contributed by atoms with Crippen molar-refractivity contribution in [1.29, 1.82) is 0 Å². The Kier molecular flexibility index (Phi) is 4.35. The van der Waals surface area contributed by atoms with Crippen LogP contribution in [0.4, 0.5) is 0 Å². The normalized spacial score (nSPS) is 10.9. The fraction of sp³-hybridized carbons (Fsp3) is 0.235. The molecule has 0 unspecified atom stereocenters. The van der Waals surface area contributed by atoms with Gasteiger partial charge in [-0.2, -0.15) is 0 Å². The number of nitrogens with zero attached hydrogens (tertiary/aromatic N) is 2. The lowest BCUT2D eigenvalue weighted by atomic mass is 10.2. The molecule has 2 aromatic heterocycles. The summed E-state index contributed by atoms with van der Waals surface area (Å²) >= 11 is 1.17. The zero-order valence-corrected chi connectivity index (χ0v) is 14.1. The topological polar surface area (TPSA) is 81.4 Å².